The molecule has 0 aromatic heterocycles. The van der Waals surface area contributed by atoms with Crippen LogP contribution in [0.15, 0.2) is 0 Å². The summed E-state index contributed by atoms with van der Waals surface area (Å²) >= 11 is 0. The summed E-state index contributed by atoms with van der Waals surface area (Å²) in [6.07, 6.45) is -1.06. The van der Waals surface area contributed by atoms with E-state index in [0.717, 1.165) is 0 Å². The molecule has 0 atom stereocenters. The van der Waals surface area contributed by atoms with E-state index in [9.17, 15) is 13.2 Å². The summed E-state index contributed by atoms with van der Waals surface area (Å²) < 4.78 is 30.6. The molecule has 0 radical (unpaired) electrons. The predicted molar refractivity (Wildman–Crippen MR) is 57.5 cm³/mol. The average molecular weight is 272 g/mol. The molecule has 1 rings (SSSR count). The van der Waals surface area contributed by atoms with Gasteiger partial charge >= 0.3 is 15.4 Å². The van der Waals surface area contributed by atoms with Gasteiger partial charge in [-0.15, -0.1) is 0 Å². The third kappa shape index (κ3) is 4.54. The second-order valence-corrected chi connectivity index (χ2v) is 6.61. The Hall–Kier alpha value is -0.530. The number of rotatable bonds is 2. The Balaban J connectivity index is 2.34. The summed E-state index contributed by atoms with van der Waals surface area (Å²) in [6.45, 7) is 5.59. The van der Waals surface area contributed by atoms with Gasteiger partial charge in [-0.3, -0.25) is 4.18 Å². The number of carbonyl (C=O) groups is 1. The van der Waals surface area contributed by atoms with E-state index in [1.54, 1.807) is 20.8 Å². The van der Waals surface area contributed by atoms with Crippen molar-refractivity contribution in [2.45, 2.75) is 32.5 Å². The van der Waals surface area contributed by atoms with E-state index >= 15 is 0 Å². The molecule has 16 heavy (non-hydrogen) atoms. The van der Waals surface area contributed by atoms with E-state index < -0.39 is 27.1 Å². The third-order valence-corrected chi connectivity index (χ3v) is 2.47. The maximum absolute atomic E-state index is 11.4. The normalized spacial score (nSPS) is 18.1. The first-order valence-corrected chi connectivity index (χ1v) is 6.91. The number of hydrogen-bond acceptors (Lipinski definition) is 5. The number of amides is 1. The first-order valence-electron chi connectivity index (χ1n) is 4.67. The van der Waals surface area contributed by atoms with Gasteiger partial charge in [-0.05, 0) is 20.8 Å². The zero-order valence-corrected chi connectivity index (χ0v) is 10.8. The van der Waals surface area contributed by atoms with Gasteiger partial charge in [-0.1, -0.05) is 0 Å². The van der Waals surface area contributed by atoms with Crippen molar-refractivity contribution >= 4 is 26.1 Å². The quantitative estimate of drug-likeness (QED) is 0.704. The molecule has 0 N–H and O–H groups in total. The molecule has 0 bridgehead atoms. The van der Waals surface area contributed by atoms with E-state index in [1.807, 2.05) is 0 Å². The van der Waals surface area contributed by atoms with Crippen LogP contribution in [0.25, 0.3) is 0 Å². The van der Waals surface area contributed by atoms with Crippen molar-refractivity contribution in [3.8, 4) is 0 Å². The van der Waals surface area contributed by atoms with Crippen LogP contribution in [0.3, 0.4) is 0 Å². The molecule has 1 heterocycles. The van der Waals surface area contributed by atoms with Gasteiger partial charge in [-0.2, -0.15) is 8.42 Å². The van der Waals surface area contributed by atoms with E-state index in [4.69, 9.17) is 15.4 Å². The number of hydrogen-bond donors (Lipinski definition) is 0. The Kier molecular flexibility index (Phi) is 3.71. The van der Waals surface area contributed by atoms with Crippen molar-refractivity contribution in [1.82, 2.24) is 4.90 Å². The van der Waals surface area contributed by atoms with E-state index in [-0.39, 0.29) is 13.1 Å². The van der Waals surface area contributed by atoms with Crippen LogP contribution in [0.2, 0.25) is 0 Å². The van der Waals surface area contributed by atoms with Gasteiger partial charge < -0.3 is 9.64 Å². The lowest BCUT2D eigenvalue weighted by Gasteiger charge is -2.38. The highest BCUT2D eigenvalue weighted by Crippen LogP contribution is 2.19. The minimum absolute atomic E-state index is 0.168. The fourth-order valence-corrected chi connectivity index (χ4v) is 1.89. The first-order chi connectivity index (χ1) is 7.07. The molecule has 1 amide bonds. The van der Waals surface area contributed by atoms with Gasteiger partial charge in [0, 0.05) is 10.7 Å². The molecular weight excluding hydrogens is 258 g/mol. The molecule has 1 aliphatic rings. The summed E-state index contributed by atoms with van der Waals surface area (Å²) in [5.41, 5.74) is -0.568. The molecule has 0 saturated carbocycles. The van der Waals surface area contributed by atoms with Gasteiger partial charge in [-0.25, -0.2) is 4.79 Å². The van der Waals surface area contributed by atoms with Crippen molar-refractivity contribution in [3.05, 3.63) is 0 Å². The summed E-state index contributed by atoms with van der Waals surface area (Å²) in [6, 6.07) is 0. The molecule has 1 aliphatic heterocycles. The largest absolute Gasteiger partial charge is 0.444 e. The maximum atomic E-state index is 11.4. The number of halogens is 1. The number of likely N-dealkylation sites (tertiary alicyclic amines) is 1. The monoisotopic (exact) mass is 271 g/mol. The van der Waals surface area contributed by atoms with Crippen molar-refractivity contribution in [2.24, 2.45) is 0 Å². The Morgan fingerprint density at radius 3 is 2.25 bits per heavy atom. The third-order valence-electron chi connectivity index (χ3n) is 1.75. The van der Waals surface area contributed by atoms with Crippen LogP contribution in [0.1, 0.15) is 20.8 Å². The Bertz CT molecular complexity index is 368. The molecule has 8 heteroatoms. The predicted octanol–water partition coefficient (Wildman–Crippen LogP) is 1.11. The second-order valence-electron chi connectivity index (χ2n) is 4.50. The summed E-state index contributed by atoms with van der Waals surface area (Å²) in [5, 5.41) is 0. The van der Waals surface area contributed by atoms with E-state index in [2.05, 4.69) is 4.18 Å². The highest BCUT2D eigenvalue weighted by Gasteiger charge is 2.36. The Morgan fingerprint density at radius 2 is 1.88 bits per heavy atom. The van der Waals surface area contributed by atoms with Crippen LogP contribution in [-0.2, 0) is 18.3 Å². The van der Waals surface area contributed by atoms with Crippen LogP contribution < -0.4 is 0 Å². The molecule has 1 saturated heterocycles. The van der Waals surface area contributed by atoms with E-state index in [1.165, 1.54) is 4.90 Å². The minimum Gasteiger partial charge on any atom is -0.444 e. The fourth-order valence-electron chi connectivity index (χ4n) is 1.14. The van der Waals surface area contributed by atoms with Crippen LogP contribution >= 0.6 is 10.7 Å². The van der Waals surface area contributed by atoms with Crippen LogP contribution in [0, 0.1) is 0 Å². The number of nitrogens with zero attached hydrogens (tertiary/aromatic N) is 1. The van der Waals surface area contributed by atoms with Gasteiger partial charge in [0.15, 0.2) is 0 Å². The lowest BCUT2D eigenvalue weighted by molar-refractivity contribution is -0.0199. The van der Waals surface area contributed by atoms with Gasteiger partial charge in [0.2, 0.25) is 0 Å². The summed E-state index contributed by atoms with van der Waals surface area (Å²) in [7, 11) is 0.915. The molecule has 6 nitrogen and oxygen atoms in total. The average Bonchev–Trinajstić information content (AvgIpc) is 1.89. The summed E-state index contributed by atoms with van der Waals surface area (Å²) in [5.74, 6) is 0. The van der Waals surface area contributed by atoms with Crippen LogP contribution in [0.5, 0.6) is 0 Å². The highest BCUT2D eigenvalue weighted by molar-refractivity contribution is 8.10. The number of ether oxygens (including phenoxy) is 1. The van der Waals surface area contributed by atoms with Gasteiger partial charge in [0.1, 0.15) is 11.7 Å². The zero-order chi connectivity index (χ0) is 12.6. The number of carbonyl (C=O) groups excluding carboxylic acids is 1. The maximum Gasteiger partial charge on any atom is 0.410 e. The molecule has 0 unspecified atom stereocenters. The topological polar surface area (TPSA) is 72.9 Å². The van der Waals surface area contributed by atoms with Crippen LogP contribution in [0.4, 0.5) is 4.79 Å². The van der Waals surface area contributed by atoms with E-state index in [0.29, 0.717) is 0 Å². The molecule has 0 aromatic carbocycles. The van der Waals surface area contributed by atoms with Crippen molar-refractivity contribution in [2.75, 3.05) is 13.1 Å². The first kappa shape index (κ1) is 13.5. The molecule has 94 valence electrons. The van der Waals surface area contributed by atoms with Gasteiger partial charge in [0.25, 0.3) is 0 Å². The SMILES string of the molecule is CC(C)(C)OC(=O)N1CC(OS(=O)(=O)Cl)C1. The molecule has 0 aliphatic carbocycles. The van der Waals surface area contributed by atoms with Crippen molar-refractivity contribution in [1.29, 1.82) is 0 Å². The fraction of sp³-hybridized carbons (Fsp3) is 0.875. The molecule has 1 fully saturated rings. The van der Waals surface area contributed by atoms with Crippen molar-refractivity contribution in [3.63, 3.8) is 0 Å². The molecular formula is C8H14ClNO5S. The Morgan fingerprint density at radius 1 is 1.38 bits per heavy atom. The van der Waals surface area contributed by atoms with Gasteiger partial charge in [0.05, 0.1) is 13.1 Å². The van der Waals surface area contributed by atoms with Crippen molar-refractivity contribution < 1.29 is 22.1 Å². The minimum atomic E-state index is -3.98. The summed E-state index contributed by atoms with van der Waals surface area (Å²) in [4.78, 5) is 12.8. The molecule has 0 aromatic rings. The van der Waals surface area contributed by atoms with Crippen LogP contribution in [-0.4, -0.2) is 44.2 Å². The zero-order valence-electron chi connectivity index (χ0n) is 9.27. The lowest BCUT2D eigenvalue weighted by atomic mass is 10.2. The Labute approximate surface area is 99.1 Å². The lowest BCUT2D eigenvalue weighted by Crippen LogP contribution is -2.56. The molecule has 0 spiro atoms. The highest BCUT2D eigenvalue weighted by atomic mass is 35.7. The smallest absolute Gasteiger partial charge is 0.410 e. The standard InChI is InChI=1S/C8H14ClNO5S/c1-8(2,3)14-7(11)10-4-6(5-10)15-16(9,12)13/h6H,4-5H2,1-3H3. The second kappa shape index (κ2) is 4.38.